The number of nitrogens with zero attached hydrogens (tertiary/aromatic N) is 2. The molecule has 2 aliphatic rings. The molecule has 5 nitrogen and oxygen atoms in total. The molecule has 0 radical (unpaired) electrons. The van der Waals surface area contributed by atoms with E-state index >= 15 is 0 Å². The van der Waals surface area contributed by atoms with Crippen LogP contribution in [-0.2, 0) is 11.3 Å². The second-order valence-electron chi connectivity index (χ2n) is 9.24. The van der Waals surface area contributed by atoms with Gasteiger partial charge < -0.3 is 14.8 Å². The third kappa shape index (κ3) is 3.47. The summed E-state index contributed by atoms with van der Waals surface area (Å²) in [6, 6.07) is 14.5. The lowest BCUT2D eigenvalue weighted by atomic mass is 9.91. The molecule has 5 rings (SSSR count). The summed E-state index contributed by atoms with van der Waals surface area (Å²) in [6.07, 6.45) is 4.37. The predicted octanol–water partition coefficient (Wildman–Crippen LogP) is 4.78. The van der Waals surface area contributed by atoms with Crippen LogP contribution in [0.4, 0.5) is 0 Å². The molecule has 1 aromatic carbocycles. The van der Waals surface area contributed by atoms with E-state index in [1.165, 1.54) is 5.56 Å². The quantitative estimate of drug-likeness (QED) is 0.627. The first kappa shape index (κ1) is 20.3. The molecule has 1 saturated carbocycles. The number of benzene rings is 1. The Morgan fingerprint density at radius 2 is 1.97 bits per heavy atom. The first-order valence-electron chi connectivity index (χ1n) is 11.2. The molecule has 0 saturated heterocycles. The van der Waals surface area contributed by atoms with Gasteiger partial charge in [0.15, 0.2) is 0 Å². The lowest BCUT2D eigenvalue weighted by Crippen LogP contribution is -2.65. The monoisotopic (exact) mass is 435 g/mol. The van der Waals surface area contributed by atoms with Crippen molar-refractivity contribution in [2.24, 2.45) is 0 Å². The van der Waals surface area contributed by atoms with Crippen molar-refractivity contribution in [3.05, 3.63) is 59.1 Å². The van der Waals surface area contributed by atoms with Crippen molar-refractivity contribution in [1.29, 1.82) is 0 Å². The van der Waals surface area contributed by atoms with Crippen LogP contribution in [0.2, 0.25) is 0 Å². The molecule has 0 unspecified atom stereocenters. The first-order valence-corrected chi connectivity index (χ1v) is 12.1. The van der Waals surface area contributed by atoms with Gasteiger partial charge in [-0.3, -0.25) is 9.59 Å². The van der Waals surface area contributed by atoms with E-state index in [2.05, 4.69) is 24.4 Å². The highest BCUT2D eigenvalue weighted by atomic mass is 32.1. The fourth-order valence-corrected chi connectivity index (χ4v) is 5.95. The smallest absolute Gasteiger partial charge is 0.271 e. The predicted molar refractivity (Wildman–Crippen MR) is 125 cm³/mol. The molecule has 2 aromatic heterocycles. The normalized spacial score (nSPS) is 22.6. The van der Waals surface area contributed by atoms with Gasteiger partial charge in [-0.15, -0.1) is 11.3 Å². The van der Waals surface area contributed by atoms with E-state index in [-0.39, 0.29) is 23.8 Å². The maximum Gasteiger partial charge on any atom is 0.271 e. The standard InChI is InChI=1S/C25H29N3O2S/c1-17(18-8-4-3-5-9-18)15-28-23(29)21-14-22-20(12-13-31-22)27(21)16-25(28,2)24(30)26-19-10-6-7-11-19/h3-5,8-9,12-14,17,19H,6-7,10-11,15-16H2,1-2H3,(H,26,30)/t17-,25+/m1/s1. The van der Waals surface area contributed by atoms with Crippen LogP contribution in [0.1, 0.15) is 61.5 Å². The van der Waals surface area contributed by atoms with E-state index in [1.807, 2.05) is 52.1 Å². The largest absolute Gasteiger partial charge is 0.351 e. The number of carbonyl (C=O) groups excluding carboxylic acids is 2. The summed E-state index contributed by atoms with van der Waals surface area (Å²) < 4.78 is 3.14. The summed E-state index contributed by atoms with van der Waals surface area (Å²) in [6.45, 7) is 5.06. The fraction of sp³-hybridized carbons (Fsp3) is 0.440. The number of rotatable bonds is 5. The minimum atomic E-state index is -0.927. The summed E-state index contributed by atoms with van der Waals surface area (Å²) in [7, 11) is 0. The summed E-state index contributed by atoms with van der Waals surface area (Å²) in [5.74, 6) is 0.0450. The molecule has 1 aliphatic carbocycles. The summed E-state index contributed by atoms with van der Waals surface area (Å²) in [4.78, 5) is 29.2. The van der Waals surface area contributed by atoms with E-state index < -0.39 is 5.54 Å². The van der Waals surface area contributed by atoms with Crippen LogP contribution in [-0.4, -0.2) is 39.4 Å². The molecule has 3 heterocycles. The molecule has 2 amide bonds. The minimum Gasteiger partial charge on any atom is -0.351 e. The van der Waals surface area contributed by atoms with Crippen molar-refractivity contribution in [1.82, 2.24) is 14.8 Å². The zero-order valence-electron chi connectivity index (χ0n) is 18.1. The minimum absolute atomic E-state index is 0.0317. The number of aromatic nitrogens is 1. The van der Waals surface area contributed by atoms with Crippen molar-refractivity contribution in [2.75, 3.05) is 6.54 Å². The van der Waals surface area contributed by atoms with Crippen LogP contribution in [0.5, 0.6) is 0 Å². The third-order valence-electron chi connectivity index (χ3n) is 7.05. The van der Waals surface area contributed by atoms with Crippen LogP contribution < -0.4 is 5.32 Å². The number of carbonyl (C=O) groups is 2. The van der Waals surface area contributed by atoms with Crippen LogP contribution in [0.25, 0.3) is 10.2 Å². The molecule has 162 valence electrons. The third-order valence-corrected chi connectivity index (χ3v) is 7.91. The van der Waals surface area contributed by atoms with Crippen molar-refractivity contribution in [2.45, 2.75) is 63.6 Å². The van der Waals surface area contributed by atoms with Crippen LogP contribution in [0, 0.1) is 0 Å². The average Bonchev–Trinajstić information content (AvgIpc) is 3.50. The van der Waals surface area contributed by atoms with Crippen LogP contribution >= 0.6 is 11.3 Å². The van der Waals surface area contributed by atoms with Gasteiger partial charge in [0.05, 0.1) is 16.8 Å². The second kappa shape index (κ2) is 7.83. The lowest BCUT2D eigenvalue weighted by molar-refractivity contribution is -0.133. The van der Waals surface area contributed by atoms with Crippen LogP contribution in [0.3, 0.4) is 0 Å². The van der Waals surface area contributed by atoms with E-state index in [0.29, 0.717) is 18.8 Å². The molecule has 1 fully saturated rings. The molecule has 6 heteroatoms. The van der Waals surface area contributed by atoms with Gasteiger partial charge in [0.2, 0.25) is 5.91 Å². The molecular weight excluding hydrogens is 406 g/mol. The Morgan fingerprint density at radius 3 is 2.71 bits per heavy atom. The Bertz CT molecular complexity index is 1110. The summed E-state index contributed by atoms with van der Waals surface area (Å²) in [5.41, 5.74) is 1.98. The highest BCUT2D eigenvalue weighted by Gasteiger charge is 2.48. The zero-order valence-corrected chi connectivity index (χ0v) is 19.0. The number of thiophene rings is 1. The van der Waals surface area contributed by atoms with Gasteiger partial charge in [0.25, 0.3) is 5.91 Å². The Labute approximate surface area is 187 Å². The average molecular weight is 436 g/mol. The molecule has 2 atom stereocenters. The second-order valence-corrected chi connectivity index (χ2v) is 10.2. The van der Waals surface area contributed by atoms with E-state index in [0.717, 1.165) is 35.9 Å². The lowest BCUT2D eigenvalue weighted by Gasteiger charge is -2.45. The number of amides is 2. The maximum absolute atomic E-state index is 13.7. The molecule has 0 spiro atoms. The van der Waals surface area contributed by atoms with Gasteiger partial charge in [0.1, 0.15) is 11.2 Å². The number of hydrogen-bond acceptors (Lipinski definition) is 3. The highest BCUT2D eigenvalue weighted by Crippen LogP contribution is 2.36. The summed E-state index contributed by atoms with van der Waals surface area (Å²) >= 11 is 1.64. The molecule has 0 bridgehead atoms. The van der Waals surface area contributed by atoms with E-state index in [1.54, 1.807) is 11.3 Å². The Balaban J connectivity index is 1.52. The van der Waals surface area contributed by atoms with Gasteiger partial charge in [-0.05, 0) is 48.8 Å². The summed E-state index contributed by atoms with van der Waals surface area (Å²) in [5, 5.41) is 5.32. The van der Waals surface area contributed by atoms with E-state index in [4.69, 9.17) is 0 Å². The maximum atomic E-state index is 13.7. The number of fused-ring (bicyclic) bond motifs is 3. The Kier molecular flexibility index (Phi) is 5.13. The molecule has 3 aromatic rings. The van der Waals surface area contributed by atoms with Gasteiger partial charge >= 0.3 is 0 Å². The molecule has 1 N–H and O–H groups in total. The first-order chi connectivity index (χ1) is 15.0. The van der Waals surface area contributed by atoms with Gasteiger partial charge in [0, 0.05) is 12.6 Å². The topological polar surface area (TPSA) is 54.3 Å². The van der Waals surface area contributed by atoms with Gasteiger partial charge in [-0.1, -0.05) is 50.1 Å². The Hall–Kier alpha value is -2.60. The van der Waals surface area contributed by atoms with E-state index in [9.17, 15) is 9.59 Å². The van der Waals surface area contributed by atoms with Crippen molar-refractivity contribution >= 4 is 33.4 Å². The van der Waals surface area contributed by atoms with Crippen molar-refractivity contribution in [3.63, 3.8) is 0 Å². The number of hydrogen-bond donors (Lipinski definition) is 1. The Morgan fingerprint density at radius 1 is 1.23 bits per heavy atom. The highest BCUT2D eigenvalue weighted by molar-refractivity contribution is 7.17. The van der Waals surface area contributed by atoms with Gasteiger partial charge in [-0.25, -0.2) is 0 Å². The molecule has 31 heavy (non-hydrogen) atoms. The molecular formula is C25H29N3O2S. The molecule has 1 aliphatic heterocycles. The van der Waals surface area contributed by atoms with Crippen LogP contribution in [0.15, 0.2) is 47.8 Å². The zero-order chi connectivity index (χ0) is 21.6. The number of nitrogens with one attached hydrogen (secondary N) is 1. The van der Waals surface area contributed by atoms with Crippen molar-refractivity contribution < 1.29 is 9.59 Å². The fourth-order valence-electron chi connectivity index (χ4n) is 5.13. The van der Waals surface area contributed by atoms with Gasteiger partial charge in [-0.2, -0.15) is 0 Å². The van der Waals surface area contributed by atoms with Crippen molar-refractivity contribution in [3.8, 4) is 0 Å². The SMILES string of the molecule is C[C@H](CN1C(=O)c2cc3sccc3n2C[C@@]1(C)C(=O)NC1CCCC1)c1ccccc1.